The van der Waals surface area contributed by atoms with Gasteiger partial charge in [0, 0.05) is 24.7 Å². The van der Waals surface area contributed by atoms with Gasteiger partial charge in [0.1, 0.15) is 0 Å². The Balaban J connectivity index is 1.48. The van der Waals surface area contributed by atoms with E-state index >= 15 is 0 Å². The van der Waals surface area contributed by atoms with Crippen LogP contribution in [0.2, 0.25) is 0 Å². The Kier molecular flexibility index (Phi) is 5.42. The molecule has 0 radical (unpaired) electrons. The zero-order valence-corrected chi connectivity index (χ0v) is 17.3. The molecule has 2 heterocycles. The third-order valence-corrected chi connectivity index (χ3v) is 6.67. The lowest BCUT2D eigenvalue weighted by atomic mass is 9.82. The molecular weight excluding hydrogens is 406 g/mol. The van der Waals surface area contributed by atoms with Crippen LogP contribution in [0.3, 0.4) is 0 Å². The standard InChI is InChI=1S/C20H23N5O4S/c1-30(28,29)17-8-6-16(7-9-17)23-20-21-10-15-11-22-25(18(15)24-20)12-13-2-4-14(5-3-13)19(26)27/h6-11,13-14H,2-5,12H2,1H3,(H,26,27)(H,21,23,24). The minimum Gasteiger partial charge on any atom is -0.481 e. The molecule has 0 unspecified atom stereocenters. The number of aromatic nitrogens is 4. The molecule has 3 aromatic rings. The molecule has 1 aromatic carbocycles. The number of aliphatic carboxylic acids is 1. The molecule has 2 N–H and O–H groups in total. The van der Waals surface area contributed by atoms with Gasteiger partial charge in [0.25, 0.3) is 0 Å². The van der Waals surface area contributed by atoms with Crippen molar-refractivity contribution in [2.75, 3.05) is 11.6 Å². The van der Waals surface area contributed by atoms with Gasteiger partial charge in [-0.15, -0.1) is 0 Å². The number of nitrogens with one attached hydrogen (secondary N) is 1. The molecule has 0 atom stereocenters. The fraction of sp³-hybridized carbons (Fsp3) is 0.400. The fourth-order valence-electron chi connectivity index (χ4n) is 3.81. The number of hydrogen-bond acceptors (Lipinski definition) is 7. The summed E-state index contributed by atoms with van der Waals surface area (Å²) in [7, 11) is -3.25. The summed E-state index contributed by atoms with van der Waals surface area (Å²) in [4.78, 5) is 20.3. The van der Waals surface area contributed by atoms with Crippen LogP contribution in [0.1, 0.15) is 25.7 Å². The molecular formula is C20H23N5O4S. The van der Waals surface area contributed by atoms with Gasteiger partial charge in [-0.1, -0.05) is 0 Å². The van der Waals surface area contributed by atoms with Crippen molar-refractivity contribution in [2.45, 2.75) is 37.1 Å². The molecule has 10 heteroatoms. The first kappa shape index (κ1) is 20.3. The quantitative estimate of drug-likeness (QED) is 0.612. The van der Waals surface area contributed by atoms with Gasteiger partial charge in [-0.05, 0) is 55.9 Å². The summed E-state index contributed by atoms with van der Waals surface area (Å²) < 4.78 is 25.0. The highest BCUT2D eigenvalue weighted by Crippen LogP contribution is 2.30. The molecule has 1 aliphatic carbocycles. The number of fused-ring (bicyclic) bond motifs is 1. The fourth-order valence-corrected chi connectivity index (χ4v) is 4.44. The lowest BCUT2D eigenvalue weighted by molar-refractivity contribution is -0.143. The maximum atomic E-state index is 11.6. The van der Waals surface area contributed by atoms with Crippen molar-refractivity contribution in [3.05, 3.63) is 36.7 Å². The third kappa shape index (κ3) is 4.43. The Morgan fingerprint density at radius 2 is 1.87 bits per heavy atom. The molecule has 158 valence electrons. The molecule has 1 fully saturated rings. The summed E-state index contributed by atoms with van der Waals surface area (Å²) in [6.45, 7) is 0.690. The molecule has 2 aromatic heterocycles. The van der Waals surface area contributed by atoms with E-state index in [-0.39, 0.29) is 10.8 Å². The maximum Gasteiger partial charge on any atom is 0.306 e. The summed E-state index contributed by atoms with van der Waals surface area (Å²) in [5.41, 5.74) is 1.39. The molecule has 0 aliphatic heterocycles. The molecule has 4 rings (SSSR count). The van der Waals surface area contributed by atoms with Crippen LogP contribution in [0.15, 0.2) is 41.6 Å². The Morgan fingerprint density at radius 1 is 1.17 bits per heavy atom. The summed E-state index contributed by atoms with van der Waals surface area (Å²) >= 11 is 0. The first-order chi connectivity index (χ1) is 14.3. The van der Waals surface area contributed by atoms with Gasteiger partial charge in [-0.3, -0.25) is 4.79 Å². The smallest absolute Gasteiger partial charge is 0.306 e. The average Bonchev–Trinajstić information content (AvgIpc) is 3.10. The number of carbonyl (C=O) groups is 1. The second-order valence-electron chi connectivity index (χ2n) is 7.78. The lowest BCUT2D eigenvalue weighted by Gasteiger charge is -2.25. The van der Waals surface area contributed by atoms with Crippen molar-refractivity contribution >= 4 is 38.5 Å². The van der Waals surface area contributed by atoms with Crippen LogP contribution in [0.25, 0.3) is 11.0 Å². The summed E-state index contributed by atoms with van der Waals surface area (Å²) in [6, 6.07) is 6.41. The van der Waals surface area contributed by atoms with Crippen LogP contribution < -0.4 is 5.32 Å². The van der Waals surface area contributed by atoms with E-state index in [1.807, 2.05) is 4.68 Å². The monoisotopic (exact) mass is 429 g/mol. The second-order valence-corrected chi connectivity index (χ2v) is 9.79. The first-order valence-electron chi connectivity index (χ1n) is 9.78. The van der Waals surface area contributed by atoms with Gasteiger partial charge < -0.3 is 10.4 Å². The summed E-state index contributed by atoms with van der Waals surface area (Å²) in [6.07, 6.45) is 7.71. The van der Waals surface area contributed by atoms with Crippen molar-refractivity contribution < 1.29 is 18.3 Å². The Labute approximate surface area is 174 Å². The minimum atomic E-state index is -3.25. The Bertz CT molecular complexity index is 1170. The van der Waals surface area contributed by atoms with Gasteiger partial charge in [-0.25, -0.2) is 18.1 Å². The highest BCUT2D eigenvalue weighted by molar-refractivity contribution is 7.90. The number of sulfone groups is 1. The van der Waals surface area contributed by atoms with E-state index in [1.165, 1.54) is 18.4 Å². The highest BCUT2D eigenvalue weighted by atomic mass is 32.2. The third-order valence-electron chi connectivity index (χ3n) is 5.54. The van der Waals surface area contributed by atoms with Gasteiger partial charge in [-0.2, -0.15) is 10.1 Å². The zero-order chi connectivity index (χ0) is 21.3. The maximum absolute atomic E-state index is 11.6. The number of benzene rings is 1. The van der Waals surface area contributed by atoms with Crippen molar-refractivity contribution in [3.8, 4) is 0 Å². The van der Waals surface area contributed by atoms with Crippen molar-refractivity contribution in [3.63, 3.8) is 0 Å². The second kappa shape index (κ2) is 8.02. The largest absolute Gasteiger partial charge is 0.481 e. The van der Waals surface area contributed by atoms with Crippen molar-refractivity contribution in [2.24, 2.45) is 11.8 Å². The number of nitrogens with zero attached hydrogens (tertiary/aromatic N) is 4. The van der Waals surface area contributed by atoms with Crippen molar-refractivity contribution in [1.82, 2.24) is 19.7 Å². The van der Waals surface area contributed by atoms with Gasteiger partial charge >= 0.3 is 5.97 Å². The van der Waals surface area contributed by atoms with E-state index in [0.717, 1.165) is 18.2 Å². The number of carboxylic acid groups (broad SMARTS) is 1. The predicted octanol–water partition coefficient (Wildman–Crippen LogP) is 2.86. The molecule has 0 spiro atoms. The molecule has 0 saturated heterocycles. The van der Waals surface area contributed by atoms with Gasteiger partial charge in [0.2, 0.25) is 5.95 Å². The number of rotatable bonds is 6. The number of carboxylic acids is 1. The predicted molar refractivity (Wildman–Crippen MR) is 111 cm³/mol. The van der Waals surface area contributed by atoms with Crippen LogP contribution in [0.4, 0.5) is 11.6 Å². The molecule has 30 heavy (non-hydrogen) atoms. The average molecular weight is 430 g/mol. The molecule has 0 bridgehead atoms. The topological polar surface area (TPSA) is 127 Å². The minimum absolute atomic E-state index is 0.233. The normalized spacial score (nSPS) is 19.6. The highest BCUT2D eigenvalue weighted by Gasteiger charge is 2.26. The Morgan fingerprint density at radius 3 is 2.50 bits per heavy atom. The van der Waals surface area contributed by atoms with Crippen LogP contribution in [-0.2, 0) is 21.2 Å². The van der Waals surface area contributed by atoms with E-state index in [9.17, 15) is 13.2 Å². The number of anilines is 2. The number of hydrogen-bond donors (Lipinski definition) is 2. The SMILES string of the molecule is CS(=O)(=O)c1ccc(Nc2ncc3cnn(CC4CCC(C(=O)O)CC4)c3n2)cc1. The van der Waals surface area contributed by atoms with E-state index in [0.29, 0.717) is 42.6 Å². The van der Waals surface area contributed by atoms with Crippen LogP contribution >= 0.6 is 0 Å². The van der Waals surface area contributed by atoms with E-state index in [1.54, 1.807) is 24.5 Å². The zero-order valence-electron chi connectivity index (χ0n) is 16.5. The molecule has 0 amide bonds. The molecule has 1 aliphatic rings. The summed E-state index contributed by atoms with van der Waals surface area (Å²) in [5, 5.41) is 17.5. The van der Waals surface area contributed by atoms with Crippen LogP contribution in [-0.4, -0.2) is 45.5 Å². The molecule has 1 saturated carbocycles. The van der Waals surface area contributed by atoms with Gasteiger partial charge in [0.15, 0.2) is 15.5 Å². The van der Waals surface area contributed by atoms with Crippen LogP contribution in [0.5, 0.6) is 0 Å². The molecule has 9 nitrogen and oxygen atoms in total. The Hall–Kier alpha value is -3.01. The van der Waals surface area contributed by atoms with Gasteiger partial charge in [0.05, 0.1) is 22.4 Å². The van der Waals surface area contributed by atoms with Crippen molar-refractivity contribution in [1.29, 1.82) is 0 Å². The van der Waals surface area contributed by atoms with E-state index in [2.05, 4.69) is 20.4 Å². The van der Waals surface area contributed by atoms with E-state index < -0.39 is 15.8 Å². The lowest BCUT2D eigenvalue weighted by Crippen LogP contribution is -2.24. The first-order valence-corrected chi connectivity index (χ1v) is 11.7. The van der Waals surface area contributed by atoms with E-state index in [4.69, 9.17) is 5.11 Å². The summed E-state index contributed by atoms with van der Waals surface area (Å²) in [5.74, 6) is -0.168. The van der Waals surface area contributed by atoms with Crippen LogP contribution in [0, 0.1) is 11.8 Å².